The van der Waals surface area contributed by atoms with Crippen LogP contribution in [0.4, 0.5) is 0 Å². The first-order valence-electron chi connectivity index (χ1n) is 9.47. The van der Waals surface area contributed by atoms with Gasteiger partial charge in [0.05, 0.1) is 12.4 Å². The van der Waals surface area contributed by atoms with Crippen LogP contribution < -0.4 is 4.74 Å². The Morgan fingerprint density at radius 3 is 2.70 bits per heavy atom. The molecule has 3 rings (SSSR count). The monoisotopic (exact) mass is 540 g/mol. The number of hydrogen-bond donors (Lipinski definition) is 0. The Kier molecular flexibility index (Phi) is 8.27. The fraction of sp³-hybridized carbons (Fsp3) is 0.348. The van der Waals surface area contributed by atoms with Crippen LogP contribution in [0.15, 0.2) is 54.9 Å². The molecule has 1 aromatic heterocycles. The van der Waals surface area contributed by atoms with Crippen molar-refractivity contribution in [2.75, 3.05) is 6.61 Å². The van der Waals surface area contributed by atoms with E-state index >= 15 is 0 Å². The molecule has 0 N–H and O–H groups in total. The Labute approximate surface area is 176 Å². The smallest absolute Gasteiger partial charge is 0.122 e. The fourth-order valence-corrected chi connectivity index (χ4v) is 3.21. The molecule has 0 bridgehead atoms. The second-order valence-corrected chi connectivity index (χ2v) is 6.72. The summed E-state index contributed by atoms with van der Waals surface area (Å²) in [5.41, 5.74) is 3.21. The van der Waals surface area contributed by atoms with Gasteiger partial charge in [-0.2, -0.15) is 0 Å². The molecule has 1 atom stereocenters. The zero-order valence-electron chi connectivity index (χ0n) is 16.2. The minimum Gasteiger partial charge on any atom is -0.493 e. The Morgan fingerprint density at radius 1 is 1.19 bits per heavy atom. The van der Waals surface area contributed by atoms with E-state index in [9.17, 15) is 0 Å². The van der Waals surface area contributed by atoms with Crippen molar-refractivity contribution in [3.63, 3.8) is 0 Å². The van der Waals surface area contributed by atoms with E-state index in [1.807, 2.05) is 36.7 Å². The average molecular weight is 540 g/mol. The summed E-state index contributed by atoms with van der Waals surface area (Å²) in [4.78, 5) is 4.51. The molecule has 27 heavy (non-hydrogen) atoms. The van der Waals surface area contributed by atoms with Crippen molar-refractivity contribution in [2.24, 2.45) is 5.92 Å². The maximum atomic E-state index is 6.10. The molecule has 3 aromatic rings. The molecule has 4 heteroatoms. The van der Waals surface area contributed by atoms with Gasteiger partial charge in [-0.25, -0.2) is 0 Å². The minimum atomic E-state index is 0. The minimum absolute atomic E-state index is 0. The molecule has 145 valence electrons. The molecule has 0 spiro atoms. The third kappa shape index (κ3) is 5.31. The molecule has 0 aliphatic heterocycles. The summed E-state index contributed by atoms with van der Waals surface area (Å²) in [5.74, 6) is 2.50. The SMILES string of the molecule is CCCC(CC)COc1ccc(-n2ccnc2-c2[c-]cccc2)cc1C.[Ir]. The number of hydrogen-bond acceptors (Lipinski definition) is 2. The summed E-state index contributed by atoms with van der Waals surface area (Å²) in [7, 11) is 0. The van der Waals surface area contributed by atoms with E-state index in [0.717, 1.165) is 41.4 Å². The molecule has 0 saturated heterocycles. The predicted octanol–water partition coefficient (Wildman–Crippen LogP) is 5.85. The molecule has 0 saturated carbocycles. The summed E-state index contributed by atoms with van der Waals surface area (Å²) in [6.45, 7) is 7.36. The molecule has 0 fully saturated rings. The predicted molar refractivity (Wildman–Crippen MR) is 107 cm³/mol. The summed E-state index contributed by atoms with van der Waals surface area (Å²) < 4.78 is 8.19. The summed E-state index contributed by atoms with van der Waals surface area (Å²) >= 11 is 0. The zero-order valence-corrected chi connectivity index (χ0v) is 18.6. The Morgan fingerprint density at radius 2 is 2.04 bits per heavy atom. The van der Waals surface area contributed by atoms with Gasteiger partial charge in [0.2, 0.25) is 0 Å². The van der Waals surface area contributed by atoms with Crippen molar-refractivity contribution >= 4 is 0 Å². The molecule has 0 amide bonds. The van der Waals surface area contributed by atoms with Crippen LogP contribution >= 0.6 is 0 Å². The van der Waals surface area contributed by atoms with Crippen LogP contribution in [-0.4, -0.2) is 16.2 Å². The molecule has 2 aromatic carbocycles. The number of rotatable bonds is 8. The fourth-order valence-electron chi connectivity index (χ4n) is 3.21. The van der Waals surface area contributed by atoms with Crippen LogP contribution in [0, 0.1) is 18.9 Å². The molecule has 1 heterocycles. The quantitative estimate of drug-likeness (QED) is 0.336. The van der Waals surface area contributed by atoms with Crippen molar-refractivity contribution in [2.45, 2.75) is 40.0 Å². The summed E-state index contributed by atoms with van der Waals surface area (Å²) in [6, 6.07) is 17.5. The number of imidazole rings is 1. The van der Waals surface area contributed by atoms with Gasteiger partial charge in [-0.05, 0) is 43.0 Å². The van der Waals surface area contributed by atoms with Crippen LogP contribution in [0.3, 0.4) is 0 Å². The van der Waals surface area contributed by atoms with Crippen molar-refractivity contribution in [1.82, 2.24) is 9.55 Å². The van der Waals surface area contributed by atoms with E-state index in [1.54, 1.807) is 0 Å². The largest absolute Gasteiger partial charge is 0.493 e. The molecule has 0 aliphatic rings. The Hall–Kier alpha value is -1.90. The van der Waals surface area contributed by atoms with Crippen LogP contribution in [0.25, 0.3) is 17.1 Å². The van der Waals surface area contributed by atoms with Gasteiger partial charge in [0, 0.05) is 38.2 Å². The zero-order chi connectivity index (χ0) is 18.4. The first-order chi connectivity index (χ1) is 12.7. The number of nitrogens with zero attached hydrogens (tertiary/aromatic N) is 2. The van der Waals surface area contributed by atoms with Gasteiger partial charge in [-0.3, -0.25) is 4.98 Å². The van der Waals surface area contributed by atoms with Gasteiger partial charge in [0.1, 0.15) is 5.75 Å². The number of aromatic nitrogens is 2. The van der Waals surface area contributed by atoms with E-state index in [4.69, 9.17) is 4.74 Å². The van der Waals surface area contributed by atoms with E-state index in [0.29, 0.717) is 5.92 Å². The van der Waals surface area contributed by atoms with Gasteiger partial charge in [-0.15, -0.1) is 35.9 Å². The molecule has 3 nitrogen and oxygen atoms in total. The maximum Gasteiger partial charge on any atom is 0.122 e. The second-order valence-electron chi connectivity index (χ2n) is 6.72. The van der Waals surface area contributed by atoms with Gasteiger partial charge in [0.25, 0.3) is 0 Å². The van der Waals surface area contributed by atoms with Gasteiger partial charge in [-0.1, -0.05) is 26.7 Å². The Bertz CT molecular complexity index is 829. The second kappa shape index (κ2) is 10.4. The van der Waals surface area contributed by atoms with Gasteiger partial charge >= 0.3 is 0 Å². The number of benzene rings is 2. The molecular weight excluding hydrogens is 512 g/mol. The van der Waals surface area contributed by atoms with E-state index < -0.39 is 0 Å². The van der Waals surface area contributed by atoms with Crippen LogP contribution in [0.5, 0.6) is 5.75 Å². The van der Waals surface area contributed by atoms with Crippen molar-refractivity contribution in [3.05, 3.63) is 66.5 Å². The molecule has 1 radical (unpaired) electrons. The first-order valence-corrected chi connectivity index (χ1v) is 9.47. The van der Waals surface area contributed by atoms with E-state index in [1.165, 1.54) is 12.8 Å². The first kappa shape index (κ1) is 21.4. The van der Waals surface area contributed by atoms with E-state index in [-0.39, 0.29) is 20.1 Å². The van der Waals surface area contributed by atoms with Gasteiger partial charge < -0.3 is 9.30 Å². The molecule has 0 aliphatic carbocycles. The third-order valence-electron chi connectivity index (χ3n) is 4.78. The molecular formula is C23H27IrN2O-. The van der Waals surface area contributed by atoms with Crippen molar-refractivity contribution < 1.29 is 24.8 Å². The normalized spacial score (nSPS) is 11.7. The summed E-state index contributed by atoms with van der Waals surface area (Å²) in [5, 5.41) is 0. The standard InChI is InChI=1S/C23H27N2O.Ir/c1-4-9-19(5-2)17-26-22-13-12-21(16-18(22)3)25-15-14-24-23(25)20-10-7-6-8-11-20;/h6-8,10,12-16,19H,4-5,9,17H2,1-3H3;/q-1;. The maximum absolute atomic E-state index is 6.10. The van der Waals surface area contributed by atoms with Crippen LogP contribution in [0.1, 0.15) is 38.7 Å². The van der Waals surface area contributed by atoms with Crippen LogP contribution in [0.2, 0.25) is 0 Å². The molecule has 1 unspecified atom stereocenters. The van der Waals surface area contributed by atoms with E-state index in [2.05, 4.69) is 54.6 Å². The summed E-state index contributed by atoms with van der Waals surface area (Å²) in [6.07, 6.45) is 7.41. The topological polar surface area (TPSA) is 27.1 Å². The number of aryl methyl sites for hydroxylation is 1. The third-order valence-corrected chi connectivity index (χ3v) is 4.78. The number of ether oxygens (including phenoxy) is 1. The van der Waals surface area contributed by atoms with Crippen molar-refractivity contribution in [3.8, 4) is 22.8 Å². The van der Waals surface area contributed by atoms with Gasteiger partial charge in [0.15, 0.2) is 0 Å². The van der Waals surface area contributed by atoms with Crippen LogP contribution in [-0.2, 0) is 20.1 Å². The van der Waals surface area contributed by atoms with Crippen molar-refractivity contribution in [1.29, 1.82) is 0 Å². The average Bonchev–Trinajstić information content (AvgIpc) is 3.16. The Balaban J connectivity index is 0.00000261.